The molecule has 8 heteroatoms. The Bertz CT molecular complexity index is 1510. The van der Waals surface area contributed by atoms with Gasteiger partial charge in [0, 0.05) is 54.2 Å². The monoisotopic (exact) mass is 498 g/mol. The van der Waals surface area contributed by atoms with Crippen molar-refractivity contribution < 1.29 is 14.6 Å². The maximum Gasteiger partial charge on any atom is 0.325 e. The molecule has 36 heavy (non-hydrogen) atoms. The SMILES string of the molecule is O=C(O)[C@@H](c1c[nH]c2ccc(OCc3ccccc3)cc12)N1CCN(c2nsc3ccccc23)CC1. The molecule has 2 aromatic heterocycles. The molecule has 1 aliphatic heterocycles. The summed E-state index contributed by atoms with van der Waals surface area (Å²) < 4.78 is 11.9. The maximum atomic E-state index is 12.5. The number of aromatic nitrogens is 2. The van der Waals surface area contributed by atoms with E-state index in [9.17, 15) is 9.90 Å². The van der Waals surface area contributed by atoms with E-state index in [0.717, 1.165) is 52.1 Å². The topological polar surface area (TPSA) is 81.7 Å². The highest BCUT2D eigenvalue weighted by atomic mass is 32.1. The van der Waals surface area contributed by atoms with Crippen molar-refractivity contribution >= 4 is 44.3 Å². The number of benzene rings is 3. The quantitative estimate of drug-likeness (QED) is 0.317. The summed E-state index contributed by atoms with van der Waals surface area (Å²) in [4.78, 5) is 20.1. The summed E-state index contributed by atoms with van der Waals surface area (Å²) in [7, 11) is 0. The number of carboxylic acid groups (broad SMARTS) is 1. The smallest absolute Gasteiger partial charge is 0.325 e. The number of carboxylic acids is 1. The second-order valence-corrected chi connectivity index (χ2v) is 9.80. The lowest BCUT2D eigenvalue weighted by Gasteiger charge is -2.38. The van der Waals surface area contributed by atoms with Crippen LogP contribution in [0.1, 0.15) is 17.2 Å². The molecule has 0 bridgehead atoms. The summed E-state index contributed by atoms with van der Waals surface area (Å²) in [5.74, 6) is 0.866. The van der Waals surface area contributed by atoms with Gasteiger partial charge in [0.2, 0.25) is 0 Å². The Morgan fingerprint density at radius 3 is 2.58 bits per heavy atom. The highest BCUT2D eigenvalue weighted by Crippen LogP contribution is 2.34. The maximum absolute atomic E-state index is 12.5. The van der Waals surface area contributed by atoms with E-state index in [-0.39, 0.29) is 0 Å². The molecule has 0 radical (unpaired) electrons. The van der Waals surface area contributed by atoms with Crippen LogP contribution in [-0.2, 0) is 11.4 Å². The van der Waals surface area contributed by atoms with Gasteiger partial charge in [-0.15, -0.1) is 0 Å². The Morgan fingerprint density at radius 2 is 1.78 bits per heavy atom. The number of H-pyrrole nitrogens is 1. The van der Waals surface area contributed by atoms with E-state index in [1.54, 1.807) is 0 Å². The fraction of sp³-hybridized carbons (Fsp3) is 0.214. The minimum Gasteiger partial charge on any atom is -0.489 e. The zero-order chi connectivity index (χ0) is 24.5. The molecule has 1 aliphatic rings. The first-order valence-corrected chi connectivity index (χ1v) is 12.8. The molecule has 0 spiro atoms. The van der Waals surface area contributed by atoms with E-state index in [2.05, 4.69) is 26.4 Å². The highest BCUT2D eigenvalue weighted by Gasteiger charge is 2.33. The zero-order valence-electron chi connectivity index (χ0n) is 19.6. The molecule has 0 unspecified atom stereocenters. The Kier molecular flexibility index (Phi) is 6.04. The number of rotatable bonds is 7. The van der Waals surface area contributed by atoms with E-state index in [1.807, 2.05) is 71.8 Å². The standard InChI is InChI=1S/C28H26N4O3S/c33-28(34)26(31-12-14-32(15-13-31)27-21-8-4-5-9-25(21)36-30-27)23-17-29-24-11-10-20(16-22(23)24)35-18-19-6-2-1-3-7-19/h1-11,16-17,26,29H,12-15,18H2,(H,33,34)/t26-/m1/s1. The van der Waals surface area contributed by atoms with Crippen molar-refractivity contribution in [3.8, 4) is 5.75 Å². The molecule has 182 valence electrons. The van der Waals surface area contributed by atoms with Crippen LogP contribution in [-0.4, -0.2) is 51.5 Å². The first kappa shape index (κ1) is 22.6. The van der Waals surface area contributed by atoms with Crippen LogP contribution in [0, 0.1) is 0 Å². The van der Waals surface area contributed by atoms with Gasteiger partial charge in [0.1, 0.15) is 24.2 Å². The number of aliphatic carboxylic acids is 1. The predicted octanol–water partition coefficient (Wildman–Crippen LogP) is 5.30. The van der Waals surface area contributed by atoms with Gasteiger partial charge in [-0.1, -0.05) is 42.5 Å². The molecule has 0 saturated carbocycles. The summed E-state index contributed by atoms with van der Waals surface area (Å²) in [5.41, 5.74) is 2.74. The lowest BCUT2D eigenvalue weighted by Crippen LogP contribution is -2.49. The summed E-state index contributed by atoms with van der Waals surface area (Å²) >= 11 is 1.51. The Morgan fingerprint density at radius 1 is 1.00 bits per heavy atom. The van der Waals surface area contributed by atoms with Crippen molar-refractivity contribution in [1.29, 1.82) is 0 Å². The van der Waals surface area contributed by atoms with Gasteiger partial charge in [0.25, 0.3) is 0 Å². The van der Waals surface area contributed by atoms with E-state index < -0.39 is 12.0 Å². The van der Waals surface area contributed by atoms with E-state index in [0.29, 0.717) is 19.7 Å². The van der Waals surface area contributed by atoms with Gasteiger partial charge in [-0.25, -0.2) is 0 Å². The summed E-state index contributed by atoms with van der Waals surface area (Å²) in [6.45, 7) is 3.19. The molecule has 7 nitrogen and oxygen atoms in total. The molecule has 0 amide bonds. The van der Waals surface area contributed by atoms with E-state index in [1.165, 1.54) is 16.2 Å². The number of aromatic amines is 1. The van der Waals surface area contributed by atoms with Gasteiger partial charge in [-0.3, -0.25) is 9.69 Å². The lowest BCUT2D eigenvalue weighted by molar-refractivity contribution is -0.143. The molecule has 3 aromatic carbocycles. The van der Waals surface area contributed by atoms with Gasteiger partial charge < -0.3 is 19.7 Å². The fourth-order valence-corrected chi connectivity index (χ4v) is 5.75. The van der Waals surface area contributed by atoms with Crippen molar-refractivity contribution in [2.45, 2.75) is 12.6 Å². The summed E-state index contributed by atoms with van der Waals surface area (Å²) in [5, 5.41) is 12.3. The fourth-order valence-electron chi connectivity index (χ4n) is 4.96. The molecule has 1 atom stereocenters. The molecule has 2 N–H and O–H groups in total. The zero-order valence-corrected chi connectivity index (χ0v) is 20.4. The first-order chi connectivity index (χ1) is 17.7. The van der Waals surface area contributed by atoms with Crippen LogP contribution in [0.25, 0.3) is 21.0 Å². The number of ether oxygens (including phenoxy) is 1. The second kappa shape index (κ2) is 9.64. The third-order valence-electron chi connectivity index (χ3n) is 6.80. The number of piperazine rings is 1. The van der Waals surface area contributed by atoms with E-state index in [4.69, 9.17) is 4.74 Å². The minimum absolute atomic E-state index is 0.460. The predicted molar refractivity (Wildman–Crippen MR) is 143 cm³/mol. The number of hydrogen-bond acceptors (Lipinski definition) is 6. The van der Waals surface area contributed by atoms with Gasteiger partial charge in [-0.05, 0) is 47.4 Å². The van der Waals surface area contributed by atoms with Crippen LogP contribution in [0.3, 0.4) is 0 Å². The Hall–Kier alpha value is -3.88. The molecular weight excluding hydrogens is 472 g/mol. The van der Waals surface area contributed by atoms with Crippen LogP contribution in [0.5, 0.6) is 5.75 Å². The highest BCUT2D eigenvalue weighted by molar-refractivity contribution is 7.13. The number of hydrogen-bond donors (Lipinski definition) is 2. The van der Waals surface area contributed by atoms with Crippen molar-refractivity contribution in [3.05, 3.63) is 90.1 Å². The van der Waals surface area contributed by atoms with Crippen LogP contribution in [0.4, 0.5) is 5.82 Å². The number of anilines is 1. The molecule has 5 aromatic rings. The van der Waals surface area contributed by atoms with Crippen molar-refractivity contribution in [3.63, 3.8) is 0 Å². The minimum atomic E-state index is -0.848. The van der Waals surface area contributed by atoms with Crippen molar-refractivity contribution in [2.75, 3.05) is 31.1 Å². The van der Waals surface area contributed by atoms with Gasteiger partial charge >= 0.3 is 5.97 Å². The van der Waals surface area contributed by atoms with Crippen molar-refractivity contribution in [2.24, 2.45) is 0 Å². The van der Waals surface area contributed by atoms with E-state index >= 15 is 0 Å². The number of fused-ring (bicyclic) bond motifs is 2. The third kappa shape index (κ3) is 4.29. The number of nitrogens with one attached hydrogen (secondary N) is 1. The second-order valence-electron chi connectivity index (χ2n) is 8.99. The third-order valence-corrected chi connectivity index (χ3v) is 7.62. The molecule has 3 heterocycles. The van der Waals surface area contributed by atoms with Crippen LogP contribution in [0.15, 0.2) is 79.0 Å². The molecule has 6 rings (SSSR count). The first-order valence-electron chi connectivity index (χ1n) is 12.0. The van der Waals surface area contributed by atoms with Crippen LogP contribution in [0.2, 0.25) is 0 Å². The van der Waals surface area contributed by atoms with Crippen molar-refractivity contribution in [1.82, 2.24) is 14.3 Å². The van der Waals surface area contributed by atoms with Crippen LogP contribution < -0.4 is 9.64 Å². The van der Waals surface area contributed by atoms with Gasteiger partial charge in [0.15, 0.2) is 0 Å². The average Bonchev–Trinajstić information content (AvgIpc) is 3.53. The summed E-state index contributed by atoms with van der Waals surface area (Å²) in [6.07, 6.45) is 1.82. The molecule has 1 fully saturated rings. The average molecular weight is 499 g/mol. The normalized spacial score (nSPS) is 15.4. The number of nitrogens with zero attached hydrogens (tertiary/aromatic N) is 3. The Balaban J connectivity index is 1.21. The molecule has 0 aliphatic carbocycles. The largest absolute Gasteiger partial charge is 0.489 e. The van der Waals surface area contributed by atoms with Crippen LogP contribution >= 0.6 is 11.5 Å². The molecule has 1 saturated heterocycles. The Labute approximate surface area is 212 Å². The van der Waals surface area contributed by atoms with Gasteiger partial charge in [-0.2, -0.15) is 4.37 Å². The summed E-state index contributed by atoms with van der Waals surface area (Å²) in [6, 6.07) is 23.3. The van der Waals surface area contributed by atoms with Gasteiger partial charge in [0.05, 0.1) is 4.70 Å². The molecular formula is C28H26N4O3S. The lowest BCUT2D eigenvalue weighted by atomic mass is 10.0. The number of carbonyl (C=O) groups is 1.